The molecule has 0 aromatic carbocycles. The number of guanidine groups is 1. The van der Waals surface area contributed by atoms with Gasteiger partial charge in [-0.1, -0.05) is 6.92 Å². The second-order valence-corrected chi connectivity index (χ2v) is 2.52. The van der Waals surface area contributed by atoms with E-state index in [4.69, 9.17) is 5.73 Å². The first-order valence-corrected chi connectivity index (χ1v) is 4.31. The lowest BCUT2D eigenvalue weighted by Crippen LogP contribution is -2.33. The minimum Gasteiger partial charge on any atom is -0.469 e. The van der Waals surface area contributed by atoms with Crippen molar-refractivity contribution in [2.24, 2.45) is 10.7 Å². The molecular weight excluding hydrogens is 170 g/mol. The normalized spacial score (nSPS) is 11.1. The zero-order valence-electron chi connectivity index (χ0n) is 8.17. The number of carbonyl (C=O) groups is 1. The van der Waals surface area contributed by atoms with Crippen LogP contribution in [0.4, 0.5) is 0 Å². The molecule has 0 unspecified atom stereocenters. The van der Waals surface area contributed by atoms with Gasteiger partial charge in [0.15, 0.2) is 5.96 Å². The van der Waals surface area contributed by atoms with Crippen molar-refractivity contribution in [2.45, 2.75) is 19.8 Å². The maximum absolute atomic E-state index is 10.7. The molecule has 0 bridgehead atoms. The van der Waals surface area contributed by atoms with Gasteiger partial charge in [-0.25, -0.2) is 0 Å². The molecule has 3 N–H and O–H groups in total. The van der Waals surface area contributed by atoms with Crippen LogP contribution in [0.15, 0.2) is 4.99 Å². The van der Waals surface area contributed by atoms with E-state index >= 15 is 0 Å². The Morgan fingerprint density at radius 3 is 2.85 bits per heavy atom. The van der Waals surface area contributed by atoms with Crippen LogP contribution in [-0.2, 0) is 9.53 Å². The van der Waals surface area contributed by atoms with Gasteiger partial charge in [-0.2, -0.15) is 0 Å². The third-order valence-corrected chi connectivity index (χ3v) is 1.37. The number of esters is 1. The van der Waals surface area contributed by atoms with Crippen molar-refractivity contribution in [2.75, 3.05) is 20.2 Å². The summed E-state index contributed by atoms with van der Waals surface area (Å²) >= 11 is 0. The van der Waals surface area contributed by atoms with Crippen LogP contribution in [0.3, 0.4) is 0 Å². The van der Waals surface area contributed by atoms with E-state index in [0.29, 0.717) is 25.5 Å². The number of nitrogens with two attached hydrogens (primary N) is 1. The molecule has 0 radical (unpaired) electrons. The molecule has 0 aromatic heterocycles. The lowest BCUT2D eigenvalue weighted by atomic mass is 10.4. The Balaban J connectivity index is 3.46. The fourth-order valence-corrected chi connectivity index (χ4v) is 0.683. The summed E-state index contributed by atoms with van der Waals surface area (Å²) in [7, 11) is 1.36. The van der Waals surface area contributed by atoms with Gasteiger partial charge in [-0.3, -0.25) is 9.79 Å². The molecule has 0 heterocycles. The van der Waals surface area contributed by atoms with Gasteiger partial charge >= 0.3 is 5.97 Å². The first kappa shape index (κ1) is 11.7. The van der Waals surface area contributed by atoms with E-state index in [-0.39, 0.29) is 5.97 Å². The molecule has 0 aliphatic rings. The predicted octanol–water partition coefficient (Wildman–Crippen LogP) is -0.136. The van der Waals surface area contributed by atoms with Crippen molar-refractivity contribution in [1.29, 1.82) is 0 Å². The maximum atomic E-state index is 10.7. The van der Waals surface area contributed by atoms with Crippen LogP contribution in [0.2, 0.25) is 0 Å². The Bertz CT molecular complexity index is 180. The van der Waals surface area contributed by atoms with Crippen LogP contribution in [0, 0.1) is 0 Å². The van der Waals surface area contributed by atoms with Gasteiger partial charge in [0.2, 0.25) is 0 Å². The van der Waals surface area contributed by atoms with Gasteiger partial charge in [0.25, 0.3) is 0 Å². The van der Waals surface area contributed by atoms with Gasteiger partial charge in [0.1, 0.15) is 0 Å². The first-order chi connectivity index (χ1) is 6.20. The fraction of sp³-hybridized carbons (Fsp3) is 0.750. The minimum atomic E-state index is -0.254. The summed E-state index contributed by atoms with van der Waals surface area (Å²) in [5, 5.41) is 2.81. The highest BCUT2D eigenvalue weighted by atomic mass is 16.5. The van der Waals surface area contributed by atoms with Gasteiger partial charge < -0.3 is 15.8 Å². The van der Waals surface area contributed by atoms with Crippen LogP contribution >= 0.6 is 0 Å². The number of hydrogen-bond acceptors (Lipinski definition) is 3. The summed E-state index contributed by atoms with van der Waals surface area (Å²) in [6.45, 7) is 3.19. The number of rotatable bonds is 5. The van der Waals surface area contributed by atoms with E-state index < -0.39 is 0 Å². The molecule has 0 saturated heterocycles. The van der Waals surface area contributed by atoms with E-state index in [2.05, 4.69) is 15.0 Å². The third-order valence-electron chi connectivity index (χ3n) is 1.37. The largest absolute Gasteiger partial charge is 0.469 e. The van der Waals surface area contributed by atoms with Crippen LogP contribution in [0.1, 0.15) is 19.8 Å². The second kappa shape index (κ2) is 7.39. The monoisotopic (exact) mass is 187 g/mol. The first-order valence-electron chi connectivity index (χ1n) is 4.31. The van der Waals surface area contributed by atoms with Crippen molar-refractivity contribution in [3.63, 3.8) is 0 Å². The number of hydrogen-bond donors (Lipinski definition) is 2. The summed E-state index contributed by atoms with van der Waals surface area (Å²) in [6, 6.07) is 0. The van der Waals surface area contributed by atoms with Crippen molar-refractivity contribution in [3.05, 3.63) is 0 Å². The molecule has 76 valence electrons. The molecule has 0 rings (SSSR count). The number of ether oxygens (including phenoxy) is 1. The topological polar surface area (TPSA) is 76.7 Å². The Morgan fingerprint density at radius 2 is 2.31 bits per heavy atom. The zero-order chi connectivity index (χ0) is 10.1. The molecule has 0 aliphatic carbocycles. The molecule has 0 amide bonds. The van der Waals surface area contributed by atoms with E-state index in [9.17, 15) is 4.79 Å². The Kier molecular flexibility index (Phi) is 6.68. The quantitative estimate of drug-likeness (QED) is 0.357. The van der Waals surface area contributed by atoms with Crippen molar-refractivity contribution >= 4 is 11.9 Å². The van der Waals surface area contributed by atoms with Gasteiger partial charge in [-0.05, 0) is 6.42 Å². The highest BCUT2D eigenvalue weighted by Crippen LogP contribution is 1.81. The third kappa shape index (κ3) is 7.11. The van der Waals surface area contributed by atoms with Gasteiger partial charge in [-0.15, -0.1) is 0 Å². The number of nitrogens with zero attached hydrogens (tertiary/aromatic N) is 1. The summed E-state index contributed by atoms with van der Waals surface area (Å²) in [5.74, 6) is 0.126. The molecule has 0 atom stereocenters. The summed E-state index contributed by atoms with van der Waals surface area (Å²) in [4.78, 5) is 14.7. The zero-order valence-corrected chi connectivity index (χ0v) is 8.17. The van der Waals surface area contributed by atoms with E-state index in [1.54, 1.807) is 0 Å². The minimum absolute atomic E-state index is 0.254. The standard InChI is InChI=1S/C8H17N3O2/c1-3-5-10-8(9)11-6-4-7(12)13-2/h3-6H2,1-2H3,(H3,9,10,11). The summed E-state index contributed by atoms with van der Waals surface area (Å²) in [5.41, 5.74) is 5.47. The van der Waals surface area contributed by atoms with E-state index in [0.717, 1.165) is 6.42 Å². The molecule has 5 heteroatoms. The van der Waals surface area contributed by atoms with Crippen molar-refractivity contribution in [3.8, 4) is 0 Å². The summed E-state index contributed by atoms with van der Waals surface area (Å²) < 4.78 is 4.45. The van der Waals surface area contributed by atoms with Crippen molar-refractivity contribution < 1.29 is 9.53 Å². The highest BCUT2D eigenvalue weighted by Gasteiger charge is 1.98. The average molecular weight is 187 g/mol. The smallest absolute Gasteiger partial charge is 0.307 e. The lowest BCUT2D eigenvalue weighted by molar-refractivity contribution is -0.140. The van der Waals surface area contributed by atoms with Crippen LogP contribution < -0.4 is 11.1 Å². The molecular formula is C8H17N3O2. The molecule has 0 fully saturated rings. The highest BCUT2D eigenvalue weighted by molar-refractivity contribution is 5.78. The lowest BCUT2D eigenvalue weighted by Gasteiger charge is -2.03. The molecule has 0 saturated carbocycles. The number of aliphatic imine (C=N–C) groups is 1. The molecule has 13 heavy (non-hydrogen) atoms. The molecule has 0 aliphatic heterocycles. The number of carbonyl (C=O) groups excluding carboxylic acids is 1. The maximum Gasteiger partial charge on any atom is 0.307 e. The fourth-order valence-electron chi connectivity index (χ4n) is 0.683. The second-order valence-electron chi connectivity index (χ2n) is 2.52. The van der Waals surface area contributed by atoms with E-state index in [1.165, 1.54) is 7.11 Å². The molecule has 5 nitrogen and oxygen atoms in total. The predicted molar refractivity (Wildman–Crippen MR) is 51.4 cm³/mol. The average Bonchev–Trinajstić information content (AvgIpc) is 2.14. The van der Waals surface area contributed by atoms with Gasteiger partial charge in [0.05, 0.1) is 13.5 Å². The number of nitrogens with one attached hydrogen (secondary N) is 1. The molecule has 0 aromatic rings. The van der Waals surface area contributed by atoms with Gasteiger partial charge in [0, 0.05) is 13.1 Å². The number of methoxy groups -OCH3 is 1. The van der Waals surface area contributed by atoms with Crippen molar-refractivity contribution in [1.82, 2.24) is 5.32 Å². The Labute approximate surface area is 78.4 Å². The van der Waals surface area contributed by atoms with Crippen LogP contribution in [0.5, 0.6) is 0 Å². The molecule has 0 spiro atoms. The SMILES string of the molecule is CCCN=C(N)NCCC(=O)OC. The Hall–Kier alpha value is -1.26. The Morgan fingerprint density at radius 1 is 1.62 bits per heavy atom. The van der Waals surface area contributed by atoms with E-state index in [1.807, 2.05) is 6.92 Å². The summed E-state index contributed by atoms with van der Waals surface area (Å²) in [6.07, 6.45) is 1.26. The van der Waals surface area contributed by atoms with Crippen LogP contribution in [0.25, 0.3) is 0 Å². The van der Waals surface area contributed by atoms with Crippen LogP contribution in [-0.4, -0.2) is 32.1 Å².